The number of rotatable bonds is 5. The fourth-order valence-corrected chi connectivity index (χ4v) is 3.27. The molecule has 0 spiro atoms. The summed E-state index contributed by atoms with van der Waals surface area (Å²) in [7, 11) is 0. The molecule has 1 fully saturated rings. The standard InChI is InChI=1S/C19H20BrN3O2/c20-15-6-4-5-14(11-15)19(25)21-12-18(24)23-10-9-17(13-23)22-16-7-2-1-3-8-16/h1-8,11,17,22H,9-10,12-13H2,(H,21,25). The predicted octanol–water partition coefficient (Wildman–Crippen LogP) is 2.89. The van der Waals surface area contributed by atoms with Crippen LogP contribution in [0.5, 0.6) is 0 Å². The molecule has 1 saturated heterocycles. The Hall–Kier alpha value is -2.34. The third-order valence-electron chi connectivity index (χ3n) is 4.17. The van der Waals surface area contributed by atoms with Gasteiger partial charge >= 0.3 is 0 Å². The van der Waals surface area contributed by atoms with Gasteiger partial charge in [-0.2, -0.15) is 0 Å². The average Bonchev–Trinajstić information content (AvgIpc) is 3.09. The van der Waals surface area contributed by atoms with Crippen LogP contribution in [-0.4, -0.2) is 42.4 Å². The van der Waals surface area contributed by atoms with Gasteiger partial charge in [0.15, 0.2) is 0 Å². The number of benzene rings is 2. The van der Waals surface area contributed by atoms with Crippen molar-refractivity contribution in [3.63, 3.8) is 0 Å². The molecule has 6 heteroatoms. The molecule has 1 unspecified atom stereocenters. The van der Waals surface area contributed by atoms with Gasteiger partial charge in [-0.15, -0.1) is 0 Å². The van der Waals surface area contributed by atoms with Crippen molar-refractivity contribution in [1.29, 1.82) is 0 Å². The molecule has 25 heavy (non-hydrogen) atoms. The number of anilines is 1. The van der Waals surface area contributed by atoms with E-state index in [1.807, 2.05) is 36.4 Å². The number of para-hydroxylation sites is 1. The van der Waals surface area contributed by atoms with E-state index in [1.54, 1.807) is 23.1 Å². The number of nitrogens with one attached hydrogen (secondary N) is 2. The van der Waals surface area contributed by atoms with Crippen LogP contribution in [0.4, 0.5) is 5.69 Å². The Labute approximate surface area is 155 Å². The van der Waals surface area contributed by atoms with E-state index >= 15 is 0 Å². The van der Waals surface area contributed by atoms with E-state index in [4.69, 9.17) is 0 Å². The highest BCUT2D eigenvalue weighted by Gasteiger charge is 2.26. The monoisotopic (exact) mass is 401 g/mol. The van der Waals surface area contributed by atoms with Gasteiger partial charge < -0.3 is 15.5 Å². The van der Waals surface area contributed by atoms with Crippen LogP contribution in [0.25, 0.3) is 0 Å². The van der Waals surface area contributed by atoms with Gasteiger partial charge in [-0.1, -0.05) is 40.2 Å². The zero-order valence-corrected chi connectivity index (χ0v) is 15.3. The Morgan fingerprint density at radius 3 is 2.68 bits per heavy atom. The van der Waals surface area contributed by atoms with E-state index in [9.17, 15) is 9.59 Å². The minimum absolute atomic E-state index is 0.0173. The minimum atomic E-state index is -0.243. The van der Waals surface area contributed by atoms with Gasteiger partial charge in [-0.05, 0) is 36.8 Å². The molecule has 3 rings (SSSR count). The Bertz CT molecular complexity index is 751. The van der Waals surface area contributed by atoms with E-state index in [0.29, 0.717) is 18.7 Å². The van der Waals surface area contributed by atoms with Crippen molar-refractivity contribution in [2.75, 3.05) is 25.0 Å². The summed E-state index contributed by atoms with van der Waals surface area (Å²) < 4.78 is 0.834. The van der Waals surface area contributed by atoms with E-state index in [-0.39, 0.29) is 24.4 Å². The molecule has 5 nitrogen and oxygen atoms in total. The first kappa shape index (κ1) is 17.5. The highest BCUT2D eigenvalue weighted by Crippen LogP contribution is 2.16. The first-order chi connectivity index (χ1) is 12.1. The SMILES string of the molecule is O=C(NCC(=O)N1CCC(Nc2ccccc2)C1)c1cccc(Br)c1. The summed E-state index contributed by atoms with van der Waals surface area (Å²) in [5.74, 6) is -0.298. The van der Waals surface area contributed by atoms with Crippen LogP contribution in [0.15, 0.2) is 59.1 Å². The second kappa shape index (κ2) is 8.16. The van der Waals surface area contributed by atoms with Crippen molar-refractivity contribution in [3.05, 3.63) is 64.6 Å². The summed E-state index contributed by atoms with van der Waals surface area (Å²) in [5, 5.41) is 6.13. The fraction of sp³-hybridized carbons (Fsp3) is 0.263. The summed E-state index contributed by atoms with van der Waals surface area (Å²) in [6.45, 7) is 1.37. The average molecular weight is 402 g/mol. The molecule has 1 aliphatic rings. The van der Waals surface area contributed by atoms with Gasteiger partial charge in [0.05, 0.1) is 6.54 Å². The van der Waals surface area contributed by atoms with Crippen molar-refractivity contribution in [3.8, 4) is 0 Å². The molecule has 2 aromatic rings. The first-order valence-electron chi connectivity index (χ1n) is 8.25. The van der Waals surface area contributed by atoms with Gasteiger partial charge in [0.25, 0.3) is 5.91 Å². The van der Waals surface area contributed by atoms with Crippen LogP contribution in [0.2, 0.25) is 0 Å². The summed E-state index contributed by atoms with van der Waals surface area (Å²) in [6.07, 6.45) is 0.903. The Morgan fingerprint density at radius 2 is 1.92 bits per heavy atom. The van der Waals surface area contributed by atoms with Crippen LogP contribution in [-0.2, 0) is 4.79 Å². The van der Waals surface area contributed by atoms with E-state index in [0.717, 1.165) is 16.6 Å². The number of amides is 2. The number of hydrogen-bond acceptors (Lipinski definition) is 3. The maximum Gasteiger partial charge on any atom is 0.251 e. The number of carbonyl (C=O) groups excluding carboxylic acids is 2. The Balaban J connectivity index is 1.47. The number of hydrogen-bond donors (Lipinski definition) is 2. The Morgan fingerprint density at radius 1 is 1.12 bits per heavy atom. The molecule has 0 bridgehead atoms. The lowest BCUT2D eigenvalue weighted by Gasteiger charge is -2.18. The largest absolute Gasteiger partial charge is 0.380 e. The number of halogens is 1. The molecule has 130 valence electrons. The van der Waals surface area contributed by atoms with Crippen LogP contribution in [0.1, 0.15) is 16.8 Å². The lowest BCUT2D eigenvalue weighted by Crippen LogP contribution is -2.40. The number of nitrogens with zero attached hydrogens (tertiary/aromatic N) is 1. The molecule has 1 aliphatic heterocycles. The van der Waals surface area contributed by atoms with Crippen molar-refractivity contribution in [1.82, 2.24) is 10.2 Å². The minimum Gasteiger partial charge on any atom is -0.380 e. The lowest BCUT2D eigenvalue weighted by molar-refractivity contribution is -0.129. The van der Waals surface area contributed by atoms with Crippen molar-refractivity contribution in [2.45, 2.75) is 12.5 Å². The molecule has 0 aliphatic carbocycles. The number of carbonyl (C=O) groups is 2. The quantitative estimate of drug-likeness (QED) is 0.809. The highest BCUT2D eigenvalue weighted by atomic mass is 79.9. The molecule has 2 N–H and O–H groups in total. The molecule has 0 saturated carbocycles. The molecule has 2 aromatic carbocycles. The van der Waals surface area contributed by atoms with Crippen LogP contribution in [0, 0.1) is 0 Å². The molecule has 2 amide bonds. The van der Waals surface area contributed by atoms with Gasteiger partial charge in [-0.3, -0.25) is 9.59 Å². The normalized spacial score (nSPS) is 16.5. The van der Waals surface area contributed by atoms with Crippen LogP contribution < -0.4 is 10.6 Å². The molecular formula is C19H20BrN3O2. The summed E-state index contributed by atoms with van der Waals surface area (Å²) >= 11 is 3.34. The summed E-state index contributed by atoms with van der Waals surface area (Å²) in [6, 6.07) is 17.3. The highest BCUT2D eigenvalue weighted by molar-refractivity contribution is 9.10. The van der Waals surface area contributed by atoms with Crippen molar-refractivity contribution < 1.29 is 9.59 Å². The summed E-state index contributed by atoms with van der Waals surface area (Å²) in [5.41, 5.74) is 1.59. The third kappa shape index (κ3) is 4.82. The van der Waals surface area contributed by atoms with Crippen LogP contribution >= 0.6 is 15.9 Å². The van der Waals surface area contributed by atoms with Crippen LogP contribution in [0.3, 0.4) is 0 Å². The topological polar surface area (TPSA) is 61.4 Å². The molecular weight excluding hydrogens is 382 g/mol. The lowest BCUT2D eigenvalue weighted by atomic mass is 10.2. The number of likely N-dealkylation sites (tertiary alicyclic amines) is 1. The van der Waals surface area contributed by atoms with Crippen molar-refractivity contribution >= 4 is 33.4 Å². The van der Waals surface area contributed by atoms with E-state index < -0.39 is 0 Å². The molecule has 0 radical (unpaired) electrons. The van der Waals surface area contributed by atoms with Gasteiger partial charge in [-0.25, -0.2) is 0 Å². The Kier molecular flexibility index (Phi) is 5.71. The fourth-order valence-electron chi connectivity index (χ4n) is 2.87. The first-order valence-corrected chi connectivity index (χ1v) is 9.04. The zero-order chi connectivity index (χ0) is 17.6. The third-order valence-corrected chi connectivity index (χ3v) is 4.67. The van der Waals surface area contributed by atoms with E-state index in [2.05, 4.69) is 26.6 Å². The molecule has 1 atom stereocenters. The van der Waals surface area contributed by atoms with Crippen molar-refractivity contribution in [2.24, 2.45) is 0 Å². The molecule has 1 heterocycles. The molecule has 0 aromatic heterocycles. The maximum absolute atomic E-state index is 12.3. The van der Waals surface area contributed by atoms with Gasteiger partial charge in [0.1, 0.15) is 0 Å². The maximum atomic E-state index is 12.3. The van der Waals surface area contributed by atoms with Gasteiger partial charge in [0, 0.05) is 34.9 Å². The predicted molar refractivity (Wildman–Crippen MR) is 102 cm³/mol. The zero-order valence-electron chi connectivity index (χ0n) is 13.7. The van der Waals surface area contributed by atoms with E-state index in [1.165, 1.54) is 0 Å². The smallest absolute Gasteiger partial charge is 0.251 e. The summed E-state index contributed by atoms with van der Waals surface area (Å²) in [4.78, 5) is 26.2. The van der Waals surface area contributed by atoms with Gasteiger partial charge in [0.2, 0.25) is 5.91 Å². The second-order valence-electron chi connectivity index (χ2n) is 6.03. The second-order valence-corrected chi connectivity index (χ2v) is 6.94.